The second-order valence-electron chi connectivity index (χ2n) is 7.34. The number of hydrazine groups is 2. The summed E-state index contributed by atoms with van der Waals surface area (Å²) in [5.74, 6) is 1.37. The molecule has 0 unspecified atom stereocenters. The molecule has 0 spiro atoms. The molecule has 144 valence electrons. The van der Waals surface area contributed by atoms with Crippen LogP contribution in [0.5, 0.6) is 0 Å². The van der Waals surface area contributed by atoms with Crippen molar-refractivity contribution < 1.29 is 4.79 Å². The predicted octanol–water partition coefficient (Wildman–Crippen LogP) is 1.75. The molecule has 4 rings (SSSR count). The Labute approximate surface area is 163 Å². The number of hydrogen-bond acceptors (Lipinski definition) is 7. The van der Waals surface area contributed by atoms with Crippen LogP contribution in [0.25, 0.3) is 5.70 Å². The lowest BCUT2D eigenvalue weighted by Gasteiger charge is -2.32. The zero-order valence-electron chi connectivity index (χ0n) is 15.5. The van der Waals surface area contributed by atoms with Crippen LogP contribution in [0.15, 0.2) is 23.0 Å². The van der Waals surface area contributed by atoms with Gasteiger partial charge in [-0.15, -0.1) is 5.53 Å². The van der Waals surface area contributed by atoms with E-state index in [1.54, 1.807) is 6.34 Å². The van der Waals surface area contributed by atoms with E-state index in [0.717, 1.165) is 42.8 Å². The van der Waals surface area contributed by atoms with Gasteiger partial charge in [0.1, 0.15) is 25.1 Å². The molecule has 1 saturated carbocycles. The Balaban J connectivity index is 1.42. The minimum absolute atomic E-state index is 0.0474. The van der Waals surface area contributed by atoms with Gasteiger partial charge in [-0.1, -0.05) is 0 Å². The van der Waals surface area contributed by atoms with Crippen LogP contribution in [0.3, 0.4) is 0 Å². The molecule has 0 bridgehead atoms. The quantitative estimate of drug-likeness (QED) is 0.671. The van der Waals surface area contributed by atoms with E-state index in [2.05, 4.69) is 20.9 Å². The number of fused-ring (bicyclic) bond motifs is 3. The third kappa shape index (κ3) is 3.32. The minimum atomic E-state index is -0.255. The summed E-state index contributed by atoms with van der Waals surface area (Å²) >= 11 is 0. The Morgan fingerprint density at radius 2 is 2.11 bits per heavy atom. The number of H-pyrrole nitrogens is 1. The number of hydrogen-bond donors (Lipinski definition) is 3. The molecule has 9 heteroatoms. The monoisotopic (exact) mass is 378 g/mol. The summed E-state index contributed by atoms with van der Waals surface area (Å²) < 4.78 is 0. The number of carbonyl (C=O) groups is 1. The Hall–Kier alpha value is -3.30. The van der Waals surface area contributed by atoms with Crippen molar-refractivity contribution in [2.24, 2.45) is 16.8 Å². The highest BCUT2D eigenvalue weighted by atomic mass is 16.2. The summed E-state index contributed by atoms with van der Waals surface area (Å²) in [6.45, 7) is 0.602. The number of aliphatic imine (C=N–C) groups is 1. The number of rotatable bonds is 5. The number of aromatic amines is 1. The molecule has 1 fully saturated rings. The van der Waals surface area contributed by atoms with Gasteiger partial charge >= 0.3 is 0 Å². The molecule has 0 aromatic carbocycles. The van der Waals surface area contributed by atoms with Gasteiger partial charge in [0, 0.05) is 24.2 Å². The van der Waals surface area contributed by atoms with Crippen LogP contribution in [0, 0.1) is 34.5 Å². The van der Waals surface area contributed by atoms with Crippen molar-refractivity contribution in [1.29, 1.82) is 10.5 Å². The topological polar surface area (TPSA) is 123 Å². The van der Waals surface area contributed by atoms with Crippen molar-refractivity contribution in [3.8, 4) is 12.1 Å². The van der Waals surface area contributed by atoms with E-state index >= 15 is 0 Å². The maximum Gasteiger partial charge on any atom is 0.237 e. The second-order valence-corrected chi connectivity index (χ2v) is 7.34. The summed E-state index contributed by atoms with van der Waals surface area (Å²) in [6.07, 6.45) is 7.48. The van der Waals surface area contributed by atoms with Crippen LogP contribution < -0.4 is 11.0 Å². The fourth-order valence-corrected chi connectivity index (χ4v) is 4.26. The van der Waals surface area contributed by atoms with Gasteiger partial charge in [-0.25, -0.2) is 10.0 Å². The highest BCUT2D eigenvalue weighted by Crippen LogP contribution is 2.40. The zero-order chi connectivity index (χ0) is 19.5. The van der Waals surface area contributed by atoms with E-state index in [9.17, 15) is 4.79 Å². The van der Waals surface area contributed by atoms with Gasteiger partial charge in [-0.2, -0.15) is 10.5 Å². The number of amides is 1. The van der Waals surface area contributed by atoms with Crippen LogP contribution in [0.1, 0.15) is 37.7 Å². The smallest absolute Gasteiger partial charge is 0.237 e. The molecule has 3 heterocycles. The molecule has 0 radical (unpaired) electrons. The van der Waals surface area contributed by atoms with Gasteiger partial charge in [0.15, 0.2) is 0 Å². The molecule has 3 aliphatic rings. The first-order valence-electron chi connectivity index (χ1n) is 9.50. The molecular formula is C19H22N8O. The molecule has 28 heavy (non-hydrogen) atoms. The van der Waals surface area contributed by atoms with E-state index in [4.69, 9.17) is 10.5 Å². The number of aromatic nitrogens is 1. The fraction of sp³-hybridized carbons (Fsp3) is 0.474. The Morgan fingerprint density at radius 1 is 1.29 bits per heavy atom. The van der Waals surface area contributed by atoms with E-state index < -0.39 is 0 Å². The molecule has 0 saturated heterocycles. The third-order valence-corrected chi connectivity index (χ3v) is 5.67. The standard InChI is InChI=1S/C19H22N8O/c20-7-5-16(28)26(10-8-21)11-13-1-3-14(4-2-13)17-18-15-6-9-22-19(15)23-12-27(18)25-24-17/h6,9,12-14,22,24-25H,1-5,10-11H2/t13-,14-. The maximum atomic E-state index is 12.0. The predicted molar refractivity (Wildman–Crippen MR) is 102 cm³/mol. The molecule has 0 atom stereocenters. The van der Waals surface area contributed by atoms with Crippen molar-refractivity contribution >= 4 is 23.8 Å². The third-order valence-electron chi connectivity index (χ3n) is 5.67. The highest BCUT2D eigenvalue weighted by molar-refractivity contribution is 5.87. The summed E-state index contributed by atoms with van der Waals surface area (Å²) in [6, 6.07) is 5.95. The van der Waals surface area contributed by atoms with E-state index in [0.29, 0.717) is 18.4 Å². The lowest BCUT2D eigenvalue weighted by atomic mass is 9.79. The van der Waals surface area contributed by atoms with Crippen LogP contribution >= 0.6 is 0 Å². The Morgan fingerprint density at radius 3 is 2.86 bits per heavy atom. The van der Waals surface area contributed by atoms with Gasteiger partial charge < -0.3 is 15.3 Å². The molecule has 2 aliphatic heterocycles. The SMILES string of the molecule is N#CCC(=O)N(CC#N)C[C@H]1CC[C@H](C2=C3c4cc[nH]c4N=CN3NN2)CC1. The van der Waals surface area contributed by atoms with Crippen molar-refractivity contribution in [2.75, 3.05) is 13.1 Å². The lowest BCUT2D eigenvalue weighted by Crippen LogP contribution is -2.38. The summed E-state index contributed by atoms with van der Waals surface area (Å²) in [5, 5.41) is 19.6. The van der Waals surface area contributed by atoms with E-state index in [-0.39, 0.29) is 18.9 Å². The number of allylic oxidation sites excluding steroid dienone is 1. The molecular weight excluding hydrogens is 356 g/mol. The maximum absolute atomic E-state index is 12.0. The lowest BCUT2D eigenvalue weighted by molar-refractivity contribution is -0.130. The number of carbonyl (C=O) groups excluding carboxylic acids is 1. The van der Waals surface area contributed by atoms with Crippen LogP contribution in [0.2, 0.25) is 0 Å². The highest BCUT2D eigenvalue weighted by Gasteiger charge is 2.34. The average Bonchev–Trinajstić information content (AvgIpc) is 3.34. The van der Waals surface area contributed by atoms with Gasteiger partial charge in [-0.05, 0) is 37.7 Å². The van der Waals surface area contributed by atoms with Crippen LogP contribution in [0.4, 0.5) is 5.82 Å². The van der Waals surface area contributed by atoms with Crippen LogP contribution in [-0.2, 0) is 4.79 Å². The fourth-order valence-electron chi connectivity index (χ4n) is 4.26. The van der Waals surface area contributed by atoms with Crippen LogP contribution in [-0.4, -0.2) is 40.2 Å². The molecule has 1 aromatic heterocycles. The van der Waals surface area contributed by atoms with E-state index in [1.165, 1.54) is 10.6 Å². The first-order chi connectivity index (χ1) is 13.7. The van der Waals surface area contributed by atoms with Crippen molar-refractivity contribution in [3.05, 3.63) is 23.5 Å². The Kier molecular flexibility index (Phi) is 5.00. The van der Waals surface area contributed by atoms with Crippen molar-refractivity contribution in [1.82, 2.24) is 25.9 Å². The first kappa shape index (κ1) is 18.1. The average molecular weight is 378 g/mol. The first-order valence-corrected chi connectivity index (χ1v) is 9.50. The molecule has 9 nitrogen and oxygen atoms in total. The van der Waals surface area contributed by atoms with Crippen molar-refractivity contribution in [3.63, 3.8) is 0 Å². The van der Waals surface area contributed by atoms with Gasteiger partial charge in [0.2, 0.25) is 5.91 Å². The second kappa shape index (κ2) is 7.75. The molecule has 1 aliphatic carbocycles. The number of nitrogens with one attached hydrogen (secondary N) is 3. The normalized spacial score (nSPS) is 22.7. The van der Waals surface area contributed by atoms with Gasteiger partial charge in [0.25, 0.3) is 0 Å². The summed E-state index contributed by atoms with van der Waals surface area (Å²) in [5.41, 5.74) is 9.85. The summed E-state index contributed by atoms with van der Waals surface area (Å²) in [7, 11) is 0. The minimum Gasteiger partial charge on any atom is -0.346 e. The zero-order valence-corrected chi connectivity index (χ0v) is 15.5. The largest absolute Gasteiger partial charge is 0.346 e. The summed E-state index contributed by atoms with van der Waals surface area (Å²) in [4.78, 5) is 21.1. The van der Waals surface area contributed by atoms with Crippen molar-refractivity contribution in [2.45, 2.75) is 32.1 Å². The van der Waals surface area contributed by atoms with E-state index in [1.807, 2.05) is 29.4 Å². The molecule has 1 amide bonds. The van der Waals surface area contributed by atoms with Gasteiger partial charge in [-0.3, -0.25) is 4.79 Å². The van der Waals surface area contributed by atoms with Gasteiger partial charge in [0.05, 0.1) is 23.5 Å². The number of nitriles is 2. The molecule has 1 aromatic rings. The number of nitrogens with zero attached hydrogens (tertiary/aromatic N) is 5. The molecule has 3 N–H and O–H groups in total. The Bertz CT molecular complexity index is 894.